The van der Waals surface area contributed by atoms with Gasteiger partial charge in [-0.3, -0.25) is 9.79 Å². The number of benzene rings is 1. The summed E-state index contributed by atoms with van der Waals surface area (Å²) in [7, 11) is 0. The van der Waals surface area contributed by atoms with Gasteiger partial charge in [-0.25, -0.2) is 0 Å². The van der Waals surface area contributed by atoms with Crippen LogP contribution in [0, 0.1) is 0 Å². The first-order chi connectivity index (χ1) is 9.79. The molecule has 0 atom stereocenters. The average molecular weight is 300 g/mol. The first-order valence-electron chi connectivity index (χ1n) is 6.57. The standard InChI is InChI=1S/C14H15F3N2O2/c1-3-13(4-2)12(20)18-11(19-13)9-6-5-7-10(8-9)21-14(15,16)17/h5-8H,3-4H2,1-2H3,(H,18,19,20). The van der Waals surface area contributed by atoms with Crippen LogP contribution in [0.25, 0.3) is 0 Å². The zero-order valence-electron chi connectivity index (χ0n) is 11.6. The van der Waals surface area contributed by atoms with Gasteiger partial charge in [0, 0.05) is 5.56 Å². The summed E-state index contributed by atoms with van der Waals surface area (Å²) in [6.07, 6.45) is -3.70. The van der Waals surface area contributed by atoms with Gasteiger partial charge < -0.3 is 10.1 Å². The van der Waals surface area contributed by atoms with Crippen molar-refractivity contribution < 1.29 is 22.7 Å². The molecule has 0 saturated carbocycles. The molecule has 1 aromatic carbocycles. The first-order valence-corrected chi connectivity index (χ1v) is 6.57. The molecule has 1 heterocycles. The number of hydrogen-bond acceptors (Lipinski definition) is 3. The van der Waals surface area contributed by atoms with E-state index in [-0.39, 0.29) is 17.5 Å². The Hall–Kier alpha value is -2.05. The fourth-order valence-electron chi connectivity index (χ4n) is 2.22. The number of carbonyl (C=O) groups is 1. The van der Waals surface area contributed by atoms with Gasteiger partial charge in [0.15, 0.2) is 0 Å². The Morgan fingerprint density at radius 1 is 1.29 bits per heavy atom. The molecule has 0 aliphatic carbocycles. The van der Waals surface area contributed by atoms with Crippen LogP contribution in [0.5, 0.6) is 5.75 Å². The lowest BCUT2D eigenvalue weighted by Crippen LogP contribution is -2.38. The molecule has 1 N–H and O–H groups in total. The van der Waals surface area contributed by atoms with E-state index in [0.717, 1.165) is 0 Å². The van der Waals surface area contributed by atoms with Crippen molar-refractivity contribution in [3.8, 4) is 5.75 Å². The highest BCUT2D eigenvalue weighted by atomic mass is 19.4. The molecular formula is C14H15F3N2O2. The Labute approximate surface area is 120 Å². The van der Waals surface area contributed by atoms with Gasteiger partial charge in [0.25, 0.3) is 5.91 Å². The molecule has 1 aliphatic rings. The Morgan fingerprint density at radius 2 is 1.95 bits per heavy atom. The molecule has 21 heavy (non-hydrogen) atoms. The second-order valence-corrected chi connectivity index (χ2v) is 4.73. The van der Waals surface area contributed by atoms with Crippen molar-refractivity contribution >= 4 is 11.7 Å². The van der Waals surface area contributed by atoms with Gasteiger partial charge in [0.05, 0.1) is 0 Å². The van der Waals surface area contributed by atoms with Crippen LogP contribution in [-0.4, -0.2) is 23.6 Å². The summed E-state index contributed by atoms with van der Waals surface area (Å²) < 4.78 is 40.5. The van der Waals surface area contributed by atoms with E-state index in [1.54, 1.807) is 6.07 Å². The molecule has 1 aromatic rings. The van der Waals surface area contributed by atoms with Crippen LogP contribution < -0.4 is 10.1 Å². The minimum atomic E-state index is -4.75. The molecule has 114 valence electrons. The number of rotatable bonds is 4. The molecule has 7 heteroatoms. The molecule has 4 nitrogen and oxygen atoms in total. The number of amides is 1. The minimum absolute atomic E-state index is 0.232. The summed E-state index contributed by atoms with van der Waals surface area (Å²) in [6, 6.07) is 5.39. The maximum Gasteiger partial charge on any atom is 0.573 e. The minimum Gasteiger partial charge on any atom is -0.406 e. The maximum absolute atomic E-state index is 12.2. The number of ether oxygens (including phenoxy) is 1. The monoisotopic (exact) mass is 300 g/mol. The van der Waals surface area contributed by atoms with E-state index in [0.29, 0.717) is 18.4 Å². The summed E-state index contributed by atoms with van der Waals surface area (Å²) in [5.74, 6) is -0.302. The second kappa shape index (κ2) is 5.38. The maximum atomic E-state index is 12.2. The van der Waals surface area contributed by atoms with Crippen LogP contribution >= 0.6 is 0 Å². The van der Waals surface area contributed by atoms with E-state index in [1.807, 2.05) is 13.8 Å². The number of nitrogens with one attached hydrogen (secondary N) is 1. The van der Waals surface area contributed by atoms with E-state index in [4.69, 9.17) is 0 Å². The lowest BCUT2D eigenvalue weighted by Gasteiger charge is -2.18. The summed E-state index contributed by atoms with van der Waals surface area (Å²) in [5, 5.41) is 2.63. The number of alkyl halides is 3. The highest BCUT2D eigenvalue weighted by Gasteiger charge is 2.40. The van der Waals surface area contributed by atoms with Crippen molar-refractivity contribution in [2.45, 2.75) is 38.6 Å². The van der Waals surface area contributed by atoms with Gasteiger partial charge in [-0.2, -0.15) is 0 Å². The molecule has 0 bridgehead atoms. The predicted molar refractivity (Wildman–Crippen MR) is 71.1 cm³/mol. The Bertz CT molecular complexity index is 578. The predicted octanol–water partition coefficient (Wildman–Crippen LogP) is 3.02. The van der Waals surface area contributed by atoms with E-state index in [1.165, 1.54) is 18.2 Å². The number of carbonyl (C=O) groups excluding carboxylic acids is 1. The van der Waals surface area contributed by atoms with Crippen molar-refractivity contribution in [1.29, 1.82) is 0 Å². The second-order valence-electron chi connectivity index (χ2n) is 4.73. The molecule has 0 aromatic heterocycles. The molecule has 0 unspecified atom stereocenters. The SMILES string of the molecule is CCC1(CC)N=C(c2cccc(OC(F)(F)F)c2)NC1=O. The smallest absolute Gasteiger partial charge is 0.406 e. The fourth-order valence-corrected chi connectivity index (χ4v) is 2.22. The highest BCUT2D eigenvalue weighted by molar-refractivity contribution is 6.15. The van der Waals surface area contributed by atoms with E-state index in [9.17, 15) is 18.0 Å². The lowest BCUT2D eigenvalue weighted by molar-refractivity contribution is -0.274. The molecule has 0 radical (unpaired) electrons. The van der Waals surface area contributed by atoms with Gasteiger partial charge in [-0.05, 0) is 25.0 Å². The lowest BCUT2D eigenvalue weighted by atomic mass is 9.94. The van der Waals surface area contributed by atoms with Crippen LogP contribution in [0.15, 0.2) is 29.3 Å². The van der Waals surface area contributed by atoms with Gasteiger partial charge in [0.1, 0.15) is 17.1 Å². The Kier molecular flexibility index (Phi) is 3.93. The Morgan fingerprint density at radius 3 is 2.48 bits per heavy atom. The van der Waals surface area contributed by atoms with Crippen LogP contribution in [0.2, 0.25) is 0 Å². The largest absolute Gasteiger partial charge is 0.573 e. The van der Waals surface area contributed by atoms with Crippen molar-refractivity contribution in [2.75, 3.05) is 0 Å². The number of hydrogen-bond donors (Lipinski definition) is 1. The first kappa shape index (κ1) is 15.3. The third-order valence-corrected chi connectivity index (χ3v) is 3.49. The molecule has 0 saturated heterocycles. The van der Waals surface area contributed by atoms with Gasteiger partial charge in [-0.15, -0.1) is 13.2 Å². The average Bonchev–Trinajstić information content (AvgIpc) is 2.75. The summed E-state index contributed by atoms with van der Waals surface area (Å²) >= 11 is 0. The molecule has 0 spiro atoms. The van der Waals surface area contributed by atoms with E-state index < -0.39 is 11.9 Å². The van der Waals surface area contributed by atoms with Crippen LogP contribution in [0.1, 0.15) is 32.3 Å². The van der Waals surface area contributed by atoms with E-state index in [2.05, 4.69) is 15.0 Å². The van der Waals surface area contributed by atoms with Gasteiger partial charge >= 0.3 is 6.36 Å². The third kappa shape index (κ3) is 3.17. The zero-order valence-corrected chi connectivity index (χ0v) is 11.6. The fraction of sp³-hybridized carbons (Fsp3) is 0.429. The molecule has 0 fully saturated rings. The zero-order chi connectivity index (χ0) is 15.7. The van der Waals surface area contributed by atoms with Crippen molar-refractivity contribution in [2.24, 2.45) is 4.99 Å². The summed E-state index contributed by atoms with van der Waals surface area (Å²) in [5.41, 5.74) is -0.454. The molecular weight excluding hydrogens is 285 g/mol. The third-order valence-electron chi connectivity index (χ3n) is 3.49. The van der Waals surface area contributed by atoms with Crippen molar-refractivity contribution in [1.82, 2.24) is 5.32 Å². The topological polar surface area (TPSA) is 50.7 Å². The number of nitrogens with zero attached hydrogens (tertiary/aromatic N) is 1. The summed E-state index contributed by atoms with van der Waals surface area (Å²) in [6.45, 7) is 3.69. The van der Waals surface area contributed by atoms with Crippen molar-refractivity contribution in [3.63, 3.8) is 0 Å². The van der Waals surface area contributed by atoms with E-state index >= 15 is 0 Å². The van der Waals surface area contributed by atoms with Gasteiger partial charge in [-0.1, -0.05) is 26.0 Å². The van der Waals surface area contributed by atoms with Crippen LogP contribution in [0.3, 0.4) is 0 Å². The molecule has 1 aliphatic heterocycles. The molecule has 1 amide bonds. The van der Waals surface area contributed by atoms with Crippen molar-refractivity contribution in [3.05, 3.63) is 29.8 Å². The van der Waals surface area contributed by atoms with Crippen LogP contribution in [0.4, 0.5) is 13.2 Å². The number of halogens is 3. The number of aliphatic imine (C=N–C) groups is 1. The Balaban J connectivity index is 2.31. The molecule has 2 rings (SSSR count). The quantitative estimate of drug-likeness (QED) is 0.929. The van der Waals surface area contributed by atoms with Gasteiger partial charge in [0.2, 0.25) is 0 Å². The van der Waals surface area contributed by atoms with Crippen LogP contribution in [-0.2, 0) is 4.79 Å². The highest BCUT2D eigenvalue weighted by Crippen LogP contribution is 2.28. The normalized spacial score (nSPS) is 17.4. The number of amidine groups is 1. The summed E-state index contributed by atoms with van der Waals surface area (Å²) in [4.78, 5) is 16.4.